The van der Waals surface area contributed by atoms with Crippen molar-refractivity contribution in [3.8, 4) is 0 Å². The molecule has 1 atom stereocenters. The highest BCUT2D eigenvalue weighted by Crippen LogP contribution is 2.51. The first kappa shape index (κ1) is 14.3. The summed E-state index contributed by atoms with van der Waals surface area (Å²) in [7, 11) is -3.48. The van der Waals surface area contributed by atoms with Gasteiger partial charge in [-0.2, -0.15) is 0 Å². The van der Waals surface area contributed by atoms with Crippen LogP contribution in [0, 0.1) is 25.2 Å². The normalized spacial score (nSPS) is 21.4. The summed E-state index contributed by atoms with van der Waals surface area (Å²) in [5.41, 5.74) is 7.94. The summed E-state index contributed by atoms with van der Waals surface area (Å²) < 4.78 is 27.5. The number of rotatable bonds is 4. The van der Waals surface area contributed by atoms with Crippen LogP contribution in [0.4, 0.5) is 5.69 Å². The number of hydrogen-bond donors (Lipinski definition) is 2. The second kappa shape index (κ2) is 4.49. The summed E-state index contributed by atoms with van der Waals surface area (Å²) in [5.74, 6) is 0.434. The van der Waals surface area contributed by atoms with E-state index in [9.17, 15) is 8.42 Å². The third kappa shape index (κ3) is 2.77. The summed E-state index contributed by atoms with van der Waals surface area (Å²) in [4.78, 5) is 0.325. The van der Waals surface area contributed by atoms with Gasteiger partial charge < -0.3 is 5.73 Å². The molecule has 1 saturated carbocycles. The zero-order valence-corrected chi connectivity index (χ0v) is 12.8. The van der Waals surface area contributed by atoms with Gasteiger partial charge in [0.1, 0.15) is 0 Å². The smallest absolute Gasteiger partial charge is 0.241 e. The van der Waals surface area contributed by atoms with Gasteiger partial charge in [0.05, 0.1) is 4.90 Å². The lowest BCUT2D eigenvalue weighted by Crippen LogP contribution is -2.28. The second-order valence-electron chi connectivity index (χ2n) is 6.17. The Bertz CT molecular complexity index is 606. The molecule has 1 aromatic carbocycles. The molecule has 0 heterocycles. The van der Waals surface area contributed by atoms with Gasteiger partial charge in [-0.25, -0.2) is 13.1 Å². The summed E-state index contributed by atoms with van der Waals surface area (Å²) in [6.07, 6.45) is 1.07. The molecule has 106 valence electrons. The first-order valence-corrected chi connectivity index (χ1v) is 7.99. The zero-order valence-electron chi connectivity index (χ0n) is 11.9. The molecule has 0 aliphatic heterocycles. The van der Waals surface area contributed by atoms with Crippen LogP contribution >= 0.6 is 0 Å². The molecule has 1 unspecified atom stereocenters. The van der Waals surface area contributed by atoms with E-state index in [4.69, 9.17) is 5.73 Å². The highest BCUT2D eigenvalue weighted by molar-refractivity contribution is 7.89. The molecule has 1 aromatic rings. The molecule has 2 rings (SSSR count). The van der Waals surface area contributed by atoms with Crippen LogP contribution in [-0.2, 0) is 10.0 Å². The van der Waals surface area contributed by atoms with Crippen molar-refractivity contribution in [2.45, 2.75) is 39.0 Å². The molecule has 0 bridgehead atoms. The molecular formula is C14H22N2O2S. The number of nitrogens with two attached hydrogens (primary N) is 1. The van der Waals surface area contributed by atoms with E-state index in [-0.39, 0.29) is 5.41 Å². The quantitative estimate of drug-likeness (QED) is 0.832. The molecule has 1 fully saturated rings. The maximum absolute atomic E-state index is 12.4. The minimum Gasteiger partial charge on any atom is -0.398 e. The lowest BCUT2D eigenvalue weighted by molar-refractivity contribution is 0.537. The third-order valence-electron chi connectivity index (χ3n) is 4.15. The van der Waals surface area contributed by atoms with Gasteiger partial charge in [-0.15, -0.1) is 0 Å². The van der Waals surface area contributed by atoms with Crippen LogP contribution in [-0.4, -0.2) is 15.0 Å². The van der Waals surface area contributed by atoms with Crippen molar-refractivity contribution < 1.29 is 8.42 Å². The maximum Gasteiger partial charge on any atom is 0.241 e. The van der Waals surface area contributed by atoms with E-state index in [0.29, 0.717) is 28.6 Å². The minimum atomic E-state index is -3.48. The summed E-state index contributed by atoms with van der Waals surface area (Å²) in [6, 6.07) is 3.49. The van der Waals surface area contributed by atoms with Gasteiger partial charge in [0.2, 0.25) is 10.0 Å². The van der Waals surface area contributed by atoms with Gasteiger partial charge in [0.15, 0.2) is 0 Å². The number of anilines is 1. The zero-order chi connectivity index (χ0) is 14.4. The summed E-state index contributed by atoms with van der Waals surface area (Å²) >= 11 is 0. The Labute approximate surface area is 115 Å². The molecule has 5 heteroatoms. The van der Waals surface area contributed by atoms with Crippen LogP contribution in [0.5, 0.6) is 0 Å². The van der Waals surface area contributed by atoms with Gasteiger partial charge in [-0.1, -0.05) is 19.9 Å². The number of sulfonamides is 1. The third-order valence-corrected chi connectivity index (χ3v) is 5.86. The Morgan fingerprint density at radius 2 is 1.95 bits per heavy atom. The maximum atomic E-state index is 12.4. The molecule has 1 aliphatic rings. The SMILES string of the molecule is Cc1ccc(N)c(C)c1S(=O)(=O)NCC1CC1(C)C. The molecule has 0 amide bonds. The van der Waals surface area contributed by atoms with Crippen LogP contribution < -0.4 is 10.5 Å². The van der Waals surface area contributed by atoms with E-state index in [1.165, 1.54) is 0 Å². The van der Waals surface area contributed by atoms with Crippen molar-refractivity contribution in [2.24, 2.45) is 11.3 Å². The van der Waals surface area contributed by atoms with Crippen molar-refractivity contribution >= 4 is 15.7 Å². The largest absolute Gasteiger partial charge is 0.398 e. The van der Waals surface area contributed by atoms with E-state index in [0.717, 1.165) is 12.0 Å². The Hall–Kier alpha value is -1.07. The number of hydrogen-bond acceptors (Lipinski definition) is 3. The van der Waals surface area contributed by atoms with E-state index in [1.807, 2.05) is 0 Å². The number of aryl methyl sites for hydroxylation is 1. The molecule has 4 nitrogen and oxygen atoms in total. The average molecular weight is 282 g/mol. The lowest BCUT2D eigenvalue weighted by Gasteiger charge is -2.14. The van der Waals surface area contributed by atoms with E-state index >= 15 is 0 Å². The Balaban J connectivity index is 2.23. The lowest BCUT2D eigenvalue weighted by atomic mass is 10.1. The Morgan fingerprint density at radius 3 is 2.47 bits per heavy atom. The van der Waals surface area contributed by atoms with Crippen LogP contribution in [0.1, 0.15) is 31.4 Å². The van der Waals surface area contributed by atoms with Crippen LogP contribution in [0.15, 0.2) is 17.0 Å². The molecule has 19 heavy (non-hydrogen) atoms. The minimum absolute atomic E-state index is 0.266. The van der Waals surface area contributed by atoms with Crippen molar-refractivity contribution in [1.29, 1.82) is 0 Å². The standard InChI is InChI=1S/C14H22N2O2S/c1-9-5-6-12(15)10(2)13(9)19(17,18)16-8-11-7-14(11,3)4/h5-6,11,16H,7-8,15H2,1-4H3. The number of nitrogens with one attached hydrogen (secondary N) is 1. The molecular weight excluding hydrogens is 260 g/mol. The predicted octanol–water partition coefficient (Wildman–Crippen LogP) is 2.21. The van der Waals surface area contributed by atoms with Crippen molar-refractivity contribution in [2.75, 3.05) is 12.3 Å². The molecule has 3 N–H and O–H groups in total. The number of benzene rings is 1. The monoisotopic (exact) mass is 282 g/mol. The summed E-state index contributed by atoms with van der Waals surface area (Å²) in [5, 5.41) is 0. The molecule has 1 aliphatic carbocycles. The summed E-state index contributed by atoms with van der Waals surface area (Å²) in [6.45, 7) is 8.36. The first-order chi connectivity index (χ1) is 8.65. The fourth-order valence-electron chi connectivity index (χ4n) is 2.46. The average Bonchev–Trinajstić information content (AvgIpc) is 2.90. The van der Waals surface area contributed by atoms with Crippen LogP contribution in [0.25, 0.3) is 0 Å². The fourth-order valence-corrected chi connectivity index (χ4v) is 4.04. The number of nitrogen functional groups attached to an aromatic ring is 1. The predicted molar refractivity (Wildman–Crippen MR) is 77.4 cm³/mol. The van der Waals surface area contributed by atoms with Gasteiger partial charge in [0, 0.05) is 12.2 Å². The highest BCUT2D eigenvalue weighted by atomic mass is 32.2. The molecule has 0 radical (unpaired) electrons. The van der Waals surface area contributed by atoms with E-state index in [1.54, 1.807) is 26.0 Å². The molecule has 0 saturated heterocycles. The molecule has 0 spiro atoms. The van der Waals surface area contributed by atoms with E-state index < -0.39 is 10.0 Å². The highest BCUT2D eigenvalue weighted by Gasteiger charge is 2.45. The fraction of sp³-hybridized carbons (Fsp3) is 0.571. The second-order valence-corrected chi connectivity index (χ2v) is 7.87. The van der Waals surface area contributed by atoms with Gasteiger partial charge in [-0.3, -0.25) is 0 Å². The van der Waals surface area contributed by atoms with Gasteiger partial charge in [-0.05, 0) is 48.8 Å². The molecule has 0 aromatic heterocycles. The van der Waals surface area contributed by atoms with Crippen LogP contribution in [0.3, 0.4) is 0 Å². The van der Waals surface area contributed by atoms with Crippen molar-refractivity contribution in [1.82, 2.24) is 4.72 Å². The van der Waals surface area contributed by atoms with Crippen molar-refractivity contribution in [3.05, 3.63) is 23.3 Å². The first-order valence-electron chi connectivity index (χ1n) is 6.50. The Kier molecular flexibility index (Phi) is 3.39. The topological polar surface area (TPSA) is 72.2 Å². The van der Waals surface area contributed by atoms with Gasteiger partial charge >= 0.3 is 0 Å². The van der Waals surface area contributed by atoms with Crippen LogP contribution in [0.2, 0.25) is 0 Å². The van der Waals surface area contributed by atoms with Crippen molar-refractivity contribution in [3.63, 3.8) is 0 Å². The van der Waals surface area contributed by atoms with Gasteiger partial charge in [0.25, 0.3) is 0 Å². The van der Waals surface area contributed by atoms with E-state index in [2.05, 4.69) is 18.6 Å². The Morgan fingerprint density at radius 1 is 1.37 bits per heavy atom.